The summed E-state index contributed by atoms with van der Waals surface area (Å²) in [7, 11) is -2.97. The number of piperidine rings is 1. The summed E-state index contributed by atoms with van der Waals surface area (Å²) < 4.78 is 21.9. The van der Waals surface area contributed by atoms with Crippen molar-refractivity contribution in [3.05, 3.63) is 5.21 Å². The van der Waals surface area contributed by atoms with Crippen LogP contribution in [0, 0.1) is 5.21 Å². The fourth-order valence-corrected chi connectivity index (χ4v) is 5.70. The summed E-state index contributed by atoms with van der Waals surface area (Å²) in [6.07, 6.45) is -0.0824. The fourth-order valence-electron chi connectivity index (χ4n) is 3.50. The number of rotatable bonds is 4. The maximum absolute atomic E-state index is 12.9. The summed E-state index contributed by atoms with van der Waals surface area (Å²) in [5.41, 5.74) is -1.20. The van der Waals surface area contributed by atoms with E-state index < -0.39 is 24.8 Å². The van der Waals surface area contributed by atoms with Gasteiger partial charge in [0.2, 0.25) is 0 Å². The molecule has 0 unspecified atom stereocenters. The standard InChI is InChI=1S/C14H26N4O4P/c1-13(2)9-11(10-14(3,4)18(13)20)22-12(19)15-23(21,16-5-6-16)17-7-8-17/h11H,5-10H2,1-4H3,(H,15,19,21)/q-1. The third-order valence-corrected chi connectivity index (χ3v) is 7.49. The number of hydrogen-bond donors (Lipinski definition) is 1. The van der Waals surface area contributed by atoms with E-state index in [0.29, 0.717) is 12.8 Å². The molecular weight excluding hydrogens is 319 g/mol. The van der Waals surface area contributed by atoms with Crippen LogP contribution >= 0.6 is 7.59 Å². The van der Waals surface area contributed by atoms with Crippen molar-refractivity contribution in [2.24, 2.45) is 0 Å². The maximum Gasteiger partial charge on any atom is 0.414 e. The molecule has 3 heterocycles. The van der Waals surface area contributed by atoms with E-state index in [2.05, 4.69) is 5.09 Å². The van der Waals surface area contributed by atoms with Gasteiger partial charge in [-0.15, -0.1) is 0 Å². The zero-order valence-electron chi connectivity index (χ0n) is 14.2. The molecule has 0 atom stereocenters. The second-order valence-electron chi connectivity index (χ2n) is 7.92. The lowest BCUT2D eigenvalue weighted by atomic mass is 9.80. The Balaban J connectivity index is 1.62. The molecule has 0 saturated carbocycles. The van der Waals surface area contributed by atoms with Crippen LogP contribution in [0.1, 0.15) is 40.5 Å². The van der Waals surface area contributed by atoms with Gasteiger partial charge in [0.15, 0.2) is 0 Å². The third-order valence-electron chi connectivity index (χ3n) is 4.68. The molecule has 0 bridgehead atoms. The molecule has 0 aromatic rings. The van der Waals surface area contributed by atoms with E-state index in [9.17, 15) is 14.6 Å². The Bertz CT molecular complexity index is 511. The Morgan fingerprint density at radius 3 is 1.91 bits per heavy atom. The molecule has 0 aromatic heterocycles. The van der Waals surface area contributed by atoms with E-state index >= 15 is 0 Å². The molecule has 0 aromatic carbocycles. The Morgan fingerprint density at radius 2 is 1.52 bits per heavy atom. The first-order chi connectivity index (χ1) is 10.5. The van der Waals surface area contributed by atoms with Gasteiger partial charge in [0.25, 0.3) is 0 Å². The predicted octanol–water partition coefficient (Wildman–Crippen LogP) is 1.97. The average molecular weight is 345 g/mol. The lowest BCUT2D eigenvalue weighted by molar-refractivity contribution is -0.0542. The van der Waals surface area contributed by atoms with Gasteiger partial charge in [-0.3, -0.25) is 4.57 Å². The van der Waals surface area contributed by atoms with E-state index in [0.717, 1.165) is 31.2 Å². The summed E-state index contributed by atoms with van der Waals surface area (Å²) in [5.74, 6) is 0. The molecule has 8 nitrogen and oxygen atoms in total. The monoisotopic (exact) mass is 345 g/mol. The minimum Gasteiger partial charge on any atom is -0.784 e. The predicted molar refractivity (Wildman–Crippen MR) is 86.8 cm³/mol. The van der Waals surface area contributed by atoms with Crippen molar-refractivity contribution in [1.29, 1.82) is 0 Å². The molecule has 23 heavy (non-hydrogen) atoms. The number of nitrogens with one attached hydrogen (secondary N) is 1. The van der Waals surface area contributed by atoms with E-state index in [1.807, 2.05) is 27.7 Å². The van der Waals surface area contributed by atoms with Crippen LogP contribution < -0.4 is 5.09 Å². The van der Waals surface area contributed by atoms with E-state index in [1.165, 1.54) is 0 Å². The molecule has 132 valence electrons. The zero-order chi connectivity index (χ0) is 17.0. The van der Waals surface area contributed by atoms with Crippen LogP contribution in [0.2, 0.25) is 0 Å². The lowest BCUT2D eigenvalue weighted by Gasteiger charge is -2.59. The lowest BCUT2D eigenvalue weighted by Crippen LogP contribution is -2.59. The number of nitrogens with zero attached hydrogens (tertiary/aromatic N) is 3. The molecule has 3 aliphatic heterocycles. The van der Waals surface area contributed by atoms with Gasteiger partial charge in [0.1, 0.15) is 6.10 Å². The van der Waals surface area contributed by atoms with Crippen LogP contribution in [0.15, 0.2) is 0 Å². The largest absolute Gasteiger partial charge is 0.784 e. The van der Waals surface area contributed by atoms with Crippen LogP contribution in [0.3, 0.4) is 0 Å². The Kier molecular flexibility index (Phi) is 4.05. The first-order valence-electron chi connectivity index (χ1n) is 8.12. The molecule has 1 amide bonds. The molecule has 0 spiro atoms. The van der Waals surface area contributed by atoms with Gasteiger partial charge in [-0.25, -0.2) is 19.2 Å². The van der Waals surface area contributed by atoms with Crippen molar-refractivity contribution in [2.45, 2.75) is 57.7 Å². The molecule has 3 rings (SSSR count). The van der Waals surface area contributed by atoms with Crippen LogP contribution in [-0.4, -0.2) is 63.9 Å². The number of carbonyl (C=O) groups is 1. The van der Waals surface area contributed by atoms with Crippen molar-refractivity contribution in [3.8, 4) is 0 Å². The SMILES string of the molecule is CC1(C)CC(OC(=O)NP(=O)(N2CC2)N2CC2)CC(C)(C)N1[O-]. The summed E-state index contributed by atoms with van der Waals surface area (Å²) in [6, 6.07) is 0. The van der Waals surface area contributed by atoms with E-state index in [1.54, 1.807) is 9.34 Å². The Morgan fingerprint density at radius 1 is 1.09 bits per heavy atom. The smallest absolute Gasteiger partial charge is 0.414 e. The quantitative estimate of drug-likeness (QED) is 0.615. The number of hydroxylamine groups is 2. The van der Waals surface area contributed by atoms with Crippen LogP contribution in [0.5, 0.6) is 0 Å². The Hall–Kier alpha value is -0.660. The zero-order valence-corrected chi connectivity index (χ0v) is 15.1. The average Bonchev–Trinajstić information content (AvgIpc) is 3.27. The van der Waals surface area contributed by atoms with Crippen LogP contribution in [0.25, 0.3) is 0 Å². The van der Waals surface area contributed by atoms with Gasteiger partial charge in [-0.1, -0.05) is 0 Å². The van der Waals surface area contributed by atoms with Crippen molar-refractivity contribution >= 4 is 13.7 Å². The van der Waals surface area contributed by atoms with Gasteiger partial charge < -0.3 is 15.0 Å². The van der Waals surface area contributed by atoms with Crippen molar-refractivity contribution in [3.63, 3.8) is 0 Å². The van der Waals surface area contributed by atoms with Crippen LogP contribution in [-0.2, 0) is 9.30 Å². The fraction of sp³-hybridized carbons (Fsp3) is 0.929. The topological polar surface area (TPSA) is 87.7 Å². The van der Waals surface area contributed by atoms with Crippen molar-refractivity contribution < 1.29 is 14.1 Å². The minimum atomic E-state index is -2.97. The number of hydrogen-bond acceptors (Lipinski definition) is 5. The molecule has 0 aliphatic carbocycles. The van der Waals surface area contributed by atoms with Crippen LogP contribution in [0.4, 0.5) is 4.79 Å². The number of carbonyl (C=O) groups excluding carboxylic acids is 1. The molecule has 9 heteroatoms. The molecule has 3 fully saturated rings. The molecule has 3 saturated heterocycles. The molecular formula is C14H26N4O4P-. The highest BCUT2D eigenvalue weighted by molar-refractivity contribution is 7.58. The summed E-state index contributed by atoms with van der Waals surface area (Å²) in [5, 5.41) is 16.0. The van der Waals surface area contributed by atoms with Gasteiger partial charge in [0.05, 0.1) is 0 Å². The Labute approximate surface area is 137 Å². The highest BCUT2D eigenvalue weighted by Crippen LogP contribution is 2.56. The van der Waals surface area contributed by atoms with Crippen molar-refractivity contribution in [1.82, 2.24) is 19.5 Å². The molecule has 1 N–H and O–H groups in total. The summed E-state index contributed by atoms with van der Waals surface area (Å²) in [4.78, 5) is 12.2. The van der Waals surface area contributed by atoms with E-state index in [-0.39, 0.29) is 6.10 Å². The molecule has 3 aliphatic rings. The minimum absolute atomic E-state index is 0.359. The van der Waals surface area contributed by atoms with E-state index in [4.69, 9.17) is 4.74 Å². The highest BCUT2D eigenvalue weighted by atomic mass is 31.2. The normalized spacial score (nSPS) is 28.4. The highest BCUT2D eigenvalue weighted by Gasteiger charge is 2.50. The maximum atomic E-state index is 12.9. The summed E-state index contributed by atoms with van der Waals surface area (Å²) in [6.45, 7) is 10.4. The number of amides is 1. The molecule has 0 radical (unpaired) electrons. The first-order valence-corrected chi connectivity index (χ1v) is 9.73. The van der Waals surface area contributed by atoms with Gasteiger partial charge in [-0.2, -0.15) is 0 Å². The summed E-state index contributed by atoms with van der Waals surface area (Å²) >= 11 is 0. The van der Waals surface area contributed by atoms with Gasteiger partial charge in [0, 0.05) is 50.1 Å². The van der Waals surface area contributed by atoms with Gasteiger partial charge in [-0.05, 0) is 27.7 Å². The third kappa shape index (κ3) is 3.42. The first kappa shape index (κ1) is 17.2. The van der Waals surface area contributed by atoms with Crippen molar-refractivity contribution in [2.75, 3.05) is 26.2 Å². The van der Waals surface area contributed by atoms with Gasteiger partial charge >= 0.3 is 13.7 Å². The second-order valence-corrected chi connectivity index (χ2v) is 10.4. The number of ether oxygens (including phenoxy) is 1. The second kappa shape index (κ2) is 5.43.